The third-order valence-corrected chi connectivity index (χ3v) is 5.69. The van der Waals surface area contributed by atoms with Gasteiger partial charge in [0.05, 0.1) is 11.2 Å². The van der Waals surface area contributed by atoms with Crippen LogP contribution in [-0.2, 0) is 7.05 Å². The molecule has 3 heterocycles. The van der Waals surface area contributed by atoms with Gasteiger partial charge in [0.25, 0.3) is 0 Å². The molecule has 1 fully saturated rings. The number of piperidine rings is 1. The van der Waals surface area contributed by atoms with Gasteiger partial charge in [0.1, 0.15) is 0 Å². The Morgan fingerprint density at radius 1 is 1.19 bits per heavy atom. The van der Waals surface area contributed by atoms with Crippen molar-refractivity contribution in [1.29, 1.82) is 0 Å². The second-order valence-electron chi connectivity index (χ2n) is 9.48. The van der Waals surface area contributed by atoms with Crippen LogP contribution in [0.15, 0.2) is 24.4 Å². The van der Waals surface area contributed by atoms with E-state index in [-0.39, 0.29) is 28.9 Å². The molecule has 1 aliphatic rings. The summed E-state index contributed by atoms with van der Waals surface area (Å²) in [5.41, 5.74) is 1.19. The van der Waals surface area contributed by atoms with Crippen LogP contribution in [0, 0.1) is 5.82 Å². The van der Waals surface area contributed by atoms with E-state index in [1.807, 2.05) is 0 Å². The van der Waals surface area contributed by atoms with Gasteiger partial charge in [0.2, 0.25) is 5.95 Å². The summed E-state index contributed by atoms with van der Waals surface area (Å²) < 4.78 is 16.1. The van der Waals surface area contributed by atoms with Crippen LogP contribution in [0.2, 0.25) is 5.02 Å². The topological polar surface area (TPSA) is 105 Å². The van der Waals surface area contributed by atoms with Crippen LogP contribution in [0.5, 0.6) is 0 Å². The molecule has 1 saturated heterocycles. The van der Waals surface area contributed by atoms with E-state index < -0.39 is 5.82 Å². The quantitative estimate of drug-likeness (QED) is 0.527. The minimum Gasteiger partial charge on any atom is -0.365 e. The average Bonchev–Trinajstić information content (AvgIpc) is 3.09. The fourth-order valence-corrected chi connectivity index (χ4v) is 4.71. The summed E-state index contributed by atoms with van der Waals surface area (Å²) in [7, 11) is 1.73. The molecule has 0 amide bonds. The average molecular weight is 460 g/mol. The number of halogens is 2. The number of hydrogen-bond donors (Lipinski definition) is 3. The van der Waals surface area contributed by atoms with E-state index in [2.05, 4.69) is 69.1 Å². The Morgan fingerprint density at radius 2 is 1.91 bits per heavy atom. The maximum atomic E-state index is 14.5. The first-order valence-corrected chi connectivity index (χ1v) is 10.8. The van der Waals surface area contributed by atoms with Crippen LogP contribution in [0.25, 0.3) is 11.4 Å². The molecule has 1 aromatic carbocycles. The van der Waals surface area contributed by atoms with E-state index >= 15 is 0 Å². The molecule has 0 bridgehead atoms. The number of aryl methyl sites for hydroxylation is 1. The zero-order chi connectivity index (χ0) is 23.1. The minimum atomic E-state index is -0.494. The van der Waals surface area contributed by atoms with Crippen LogP contribution in [0.4, 0.5) is 21.8 Å². The lowest BCUT2D eigenvalue weighted by Gasteiger charge is -2.46. The number of anilines is 3. The molecule has 32 heavy (non-hydrogen) atoms. The Hall–Kier alpha value is -2.85. The van der Waals surface area contributed by atoms with Crippen molar-refractivity contribution in [3.8, 4) is 11.4 Å². The summed E-state index contributed by atoms with van der Waals surface area (Å²) in [5, 5.41) is 22.0. The molecule has 9 nitrogen and oxygen atoms in total. The first-order valence-electron chi connectivity index (χ1n) is 10.4. The number of tetrazole rings is 1. The summed E-state index contributed by atoms with van der Waals surface area (Å²) in [4.78, 5) is 8.47. The van der Waals surface area contributed by atoms with Crippen LogP contribution < -0.4 is 16.0 Å². The normalized spacial score (nSPS) is 17.8. The molecule has 0 atom stereocenters. The molecule has 170 valence electrons. The summed E-state index contributed by atoms with van der Waals surface area (Å²) >= 11 is 6.33. The van der Waals surface area contributed by atoms with Gasteiger partial charge < -0.3 is 16.0 Å². The summed E-state index contributed by atoms with van der Waals surface area (Å²) in [6.07, 6.45) is 2.85. The van der Waals surface area contributed by atoms with E-state index in [0.29, 0.717) is 22.1 Å². The Kier molecular flexibility index (Phi) is 5.76. The Labute approximate surface area is 191 Å². The van der Waals surface area contributed by atoms with Gasteiger partial charge in [-0.25, -0.2) is 14.1 Å². The molecule has 11 heteroatoms. The second-order valence-corrected chi connectivity index (χ2v) is 9.89. The van der Waals surface area contributed by atoms with Gasteiger partial charge in [-0.1, -0.05) is 11.6 Å². The van der Waals surface area contributed by atoms with Crippen molar-refractivity contribution in [2.24, 2.45) is 7.05 Å². The minimum absolute atomic E-state index is 0.0710. The molecule has 2 aromatic heterocycles. The van der Waals surface area contributed by atoms with E-state index in [0.717, 1.165) is 12.8 Å². The summed E-state index contributed by atoms with van der Waals surface area (Å²) in [6.45, 7) is 8.60. The van der Waals surface area contributed by atoms with Gasteiger partial charge >= 0.3 is 0 Å². The monoisotopic (exact) mass is 459 g/mol. The predicted octanol–water partition coefficient (Wildman–Crippen LogP) is 3.92. The Balaban J connectivity index is 1.56. The zero-order valence-electron chi connectivity index (χ0n) is 18.7. The van der Waals surface area contributed by atoms with Crippen molar-refractivity contribution in [3.63, 3.8) is 0 Å². The molecule has 0 unspecified atom stereocenters. The van der Waals surface area contributed by atoms with Crippen molar-refractivity contribution in [1.82, 2.24) is 35.5 Å². The van der Waals surface area contributed by atoms with E-state index in [1.165, 1.54) is 10.9 Å². The van der Waals surface area contributed by atoms with Crippen molar-refractivity contribution < 1.29 is 4.39 Å². The SMILES string of the molecule is Cn1nnnc1-c1cc(Nc2ncc(F)c(NC3CC(C)(C)NC(C)(C)C3)n2)ccc1Cl. The van der Waals surface area contributed by atoms with Crippen LogP contribution in [-0.4, -0.2) is 47.3 Å². The second kappa shape index (κ2) is 8.25. The number of nitrogens with zero attached hydrogens (tertiary/aromatic N) is 6. The molecule has 1 aliphatic heterocycles. The van der Waals surface area contributed by atoms with Gasteiger partial charge in [0, 0.05) is 35.4 Å². The van der Waals surface area contributed by atoms with Crippen molar-refractivity contribution >= 4 is 29.1 Å². The molecule has 4 rings (SSSR count). The highest BCUT2D eigenvalue weighted by Gasteiger charge is 2.38. The van der Waals surface area contributed by atoms with Gasteiger partial charge in [-0.3, -0.25) is 0 Å². The predicted molar refractivity (Wildman–Crippen MR) is 122 cm³/mol. The number of aromatic nitrogens is 6. The molecule has 0 radical (unpaired) electrons. The maximum Gasteiger partial charge on any atom is 0.229 e. The fraction of sp³-hybridized carbons (Fsp3) is 0.476. The molecule has 0 aliphatic carbocycles. The first-order chi connectivity index (χ1) is 15.0. The lowest BCUT2D eigenvalue weighted by Crippen LogP contribution is -2.60. The lowest BCUT2D eigenvalue weighted by atomic mass is 9.79. The van der Waals surface area contributed by atoms with Crippen molar-refractivity contribution in [3.05, 3.63) is 35.2 Å². The first kappa shape index (κ1) is 22.3. The van der Waals surface area contributed by atoms with Gasteiger partial charge in [0.15, 0.2) is 17.5 Å². The van der Waals surface area contributed by atoms with E-state index in [4.69, 9.17) is 11.6 Å². The smallest absolute Gasteiger partial charge is 0.229 e. The summed E-state index contributed by atoms with van der Waals surface area (Å²) in [6, 6.07) is 5.39. The molecule has 0 saturated carbocycles. The van der Waals surface area contributed by atoms with Gasteiger partial charge in [-0.05, 0) is 69.2 Å². The van der Waals surface area contributed by atoms with Crippen molar-refractivity contribution in [2.45, 2.75) is 57.7 Å². The Bertz CT molecular complexity index is 1110. The molecular weight excluding hydrogens is 433 g/mol. The van der Waals surface area contributed by atoms with Crippen molar-refractivity contribution in [2.75, 3.05) is 10.6 Å². The van der Waals surface area contributed by atoms with Crippen LogP contribution in [0.3, 0.4) is 0 Å². The largest absolute Gasteiger partial charge is 0.365 e. The number of hydrogen-bond acceptors (Lipinski definition) is 8. The molecular formula is C21H27ClFN9. The molecule has 3 aromatic rings. The molecule has 0 spiro atoms. The molecule has 3 N–H and O–H groups in total. The number of benzene rings is 1. The van der Waals surface area contributed by atoms with Crippen LogP contribution in [0.1, 0.15) is 40.5 Å². The Morgan fingerprint density at radius 3 is 2.56 bits per heavy atom. The highest BCUT2D eigenvalue weighted by Crippen LogP contribution is 2.32. The van der Waals surface area contributed by atoms with E-state index in [1.54, 1.807) is 25.2 Å². The fourth-order valence-electron chi connectivity index (χ4n) is 4.51. The maximum absolute atomic E-state index is 14.5. The zero-order valence-corrected chi connectivity index (χ0v) is 19.5. The van der Waals surface area contributed by atoms with Gasteiger partial charge in [-0.15, -0.1) is 5.10 Å². The highest BCUT2D eigenvalue weighted by atomic mass is 35.5. The third-order valence-electron chi connectivity index (χ3n) is 5.36. The van der Waals surface area contributed by atoms with Gasteiger partial charge in [-0.2, -0.15) is 4.98 Å². The standard InChI is InChI=1S/C21H27ClFN9/c1-20(2)9-13(10-21(3,4)29-20)25-17-16(23)11-24-19(27-17)26-12-6-7-15(22)14(8-12)18-28-30-31-32(18)5/h6-8,11,13,29H,9-10H2,1-5H3,(H2,24,25,26,27). The summed E-state index contributed by atoms with van der Waals surface area (Å²) in [5.74, 6) is 0.474. The third kappa shape index (κ3) is 4.97. The lowest BCUT2D eigenvalue weighted by molar-refractivity contribution is 0.170. The van der Waals surface area contributed by atoms with E-state index in [9.17, 15) is 4.39 Å². The number of rotatable bonds is 5. The van der Waals surface area contributed by atoms with Crippen LogP contribution >= 0.6 is 11.6 Å². The highest BCUT2D eigenvalue weighted by molar-refractivity contribution is 6.33. The number of nitrogens with one attached hydrogen (secondary N) is 3.